The molecular weight excluding hydrogens is 480 g/mol. The van der Waals surface area contributed by atoms with Gasteiger partial charge in [-0.05, 0) is 106 Å². The molecule has 0 radical (unpaired) electrons. The van der Waals surface area contributed by atoms with E-state index >= 15 is 0 Å². The van der Waals surface area contributed by atoms with Crippen LogP contribution in [0, 0.1) is 0 Å². The van der Waals surface area contributed by atoms with Crippen molar-refractivity contribution in [3.05, 3.63) is 58.7 Å². The zero-order valence-corrected chi connectivity index (χ0v) is 24.3. The van der Waals surface area contributed by atoms with Gasteiger partial charge in [0, 0.05) is 35.0 Å². The number of carbonyl (C=O) groups excluding carboxylic acids is 2. The highest BCUT2D eigenvalue weighted by Crippen LogP contribution is 2.38. The highest BCUT2D eigenvalue weighted by molar-refractivity contribution is 5.99. The Labute approximate surface area is 235 Å². The molecule has 0 heterocycles. The monoisotopic (exact) mass is 528 g/mol. The van der Waals surface area contributed by atoms with Crippen LogP contribution in [0.1, 0.15) is 136 Å². The first-order valence-electron chi connectivity index (χ1n) is 15.7. The Bertz CT molecular complexity index is 1080. The summed E-state index contributed by atoms with van der Waals surface area (Å²) in [7, 11) is 0. The number of benzene rings is 2. The molecule has 0 bridgehead atoms. The first kappa shape index (κ1) is 28.2. The molecule has 2 saturated carbocycles. The molecule has 3 aliphatic rings. The van der Waals surface area contributed by atoms with Crippen molar-refractivity contribution in [2.24, 2.45) is 0 Å². The minimum absolute atomic E-state index is 0.232. The summed E-state index contributed by atoms with van der Waals surface area (Å²) in [5, 5.41) is 7.44. The van der Waals surface area contributed by atoms with Crippen molar-refractivity contribution in [2.45, 2.75) is 121 Å². The van der Waals surface area contributed by atoms with Gasteiger partial charge in [0.2, 0.25) is 0 Å². The Balaban J connectivity index is 1.10. The van der Waals surface area contributed by atoms with Gasteiger partial charge in [0.05, 0.1) is 0 Å². The fourth-order valence-electron chi connectivity index (χ4n) is 7.14. The minimum Gasteiger partial charge on any atom is -0.312 e. The molecule has 0 aliphatic heterocycles. The topological polar surface area (TPSA) is 58.2 Å². The van der Waals surface area contributed by atoms with Crippen molar-refractivity contribution in [1.82, 2.24) is 10.6 Å². The molecular formula is C35H48N2O2. The fourth-order valence-corrected chi connectivity index (χ4v) is 7.14. The number of Topliss-reactive ketones (excluding diaryl/α,β-unsaturated/α-hetero) is 2. The lowest BCUT2D eigenvalue weighted by atomic mass is 9.83. The van der Waals surface area contributed by atoms with E-state index in [0.29, 0.717) is 12.8 Å². The Morgan fingerprint density at radius 1 is 0.641 bits per heavy atom. The molecule has 210 valence electrons. The summed E-state index contributed by atoms with van der Waals surface area (Å²) in [6.07, 6.45) is 16.7. The predicted octanol–water partition coefficient (Wildman–Crippen LogP) is 7.81. The Hall–Kier alpha value is -2.30. The van der Waals surface area contributed by atoms with Crippen LogP contribution in [-0.2, 0) is 6.42 Å². The Kier molecular flexibility index (Phi) is 9.03. The third kappa shape index (κ3) is 7.08. The van der Waals surface area contributed by atoms with E-state index in [1.807, 2.05) is 12.1 Å². The molecule has 0 saturated heterocycles. The largest absolute Gasteiger partial charge is 0.312 e. The molecule has 0 spiro atoms. The molecule has 0 aromatic heterocycles. The van der Waals surface area contributed by atoms with Crippen LogP contribution in [0.2, 0.25) is 0 Å². The van der Waals surface area contributed by atoms with Crippen molar-refractivity contribution in [3.63, 3.8) is 0 Å². The van der Waals surface area contributed by atoms with E-state index in [1.165, 1.54) is 86.5 Å². The molecule has 0 amide bonds. The number of nitrogens with one attached hydrogen (secondary N) is 2. The lowest BCUT2D eigenvalue weighted by Gasteiger charge is -2.34. The van der Waals surface area contributed by atoms with E-state index in [-0.39, 0.29) is 22.6 Å². The maximum absolute atomic E-state index is 13.0. The molecule has 0 unspecified atom stereocenters. The number of hydrogen-bond acceptors (Lipinski definition) is 4. The first-order valence-corrected chi connectivity index (χ1v) is 15.7. The van der Waals surface area contributed by atoms with E-state index < -0.39 is 0 Å². The zero-order chi connectivity index (χ0) is 27.3. The maximum Gasteiger partial charge on any atom is 0.162 e. The third-order valence-electron chi connectivity index (χ3n) is 9.70. The SMILES string of the molecule is CC1(NCCCC(=O)c2ccc3c(c2)Cc2cc(C(=O)CCCNC4(C)CCCCC4)ccc2-3)CCCCC1. The maximum atomic E-state index is 13.0. The molecule has 4 heteroatoms. The van der Waals surface area contributed by atoms with Gasteiger partial charge in [-0.15, -0.1) is 0 Å². The molecule has 2 aromatic carbocycles. The van der Waals surface area contributed by atoms with Crippen LogP contribution in [0.3, 0.4) is 0 Å². The summed E-state index contributed by atoms with van der Waals surface area (Å²) in [5.74, 6) is 0.465. The number of fused-ring (bicyclic) bond motifs is 3. The van der Waals surface area contributed by atoms with Gasteiger partial charge >= 0.3 is 0 Å². The molecule has 2 fully saturated rings. The predicted molar refractivity (Wildman–Crippen MR) is 161 cm³/mol. The van der Waals surface area contributed by atoms with E-state index in [2.05, 4.69) is 48.7 Å². The molecule has 0 atom stereocenters. The van der Waals surface area contributed by atoms with Crippen LogP contribution in [0.25, 0.3) is 11.1 Å². The van der Waals surface area contributed by atoms with Gasteiger partial charge in [0.15, 0.2) is 11.6 Å². The molecule has 4 nitrogen and oxygen atoms in total. The second-order valence-corrected chi connectivity index (χ2v) is 13.1. The molecule has 2 aromatic rings. The van der Waals surface area contributed by atoms with Crippen LogP contribution in [0.5, 0.6) is 0 Å². The smallest absolute Gasteiger partial charge is 0.162 e. The number of hydrogen-bond donors (Lipinski definition) is 2. The summed E-state index contributed by atoms with van der Waals surface area (Å²) in [6.45, 7) is 6.48. The lowest BCUT2D eigenvalue weighted by molar-refractivity contribution is 0.0970. The van der Waals surface area contributed by atoms with Crippen molar-refractivity contribution >= 4 is 11.6 Å². The second-order valence-electron chi connectivity index (χ2n) is 13.1. The van der Waals surface area contributed by atoms with E-state index in [1.54, 1.807) is 0 Å². The van der Waals surface area contributed by atoms with Crippen LogP contribution in [0.15, 0.2) is 36.4 Å². The summed E-state index contributed by atoms with van der Waals surface area (Å²) < 4.78 is 0. The standard InChI is InChI=1S/C35H48N2O2/c1-34(17-5-3-6-18-34)36-21-9-11-32(38)26-13-15-30-28(23-26)25-29-24-27(14-16-31(29)30)33(39)12-10-22-37-35(2)19-7-4-8-20-35/h13-16,23-24,36-37H,3-12,17-22,25H2,1-2H3. The number of ketones is 2. The second kappa shape index (κ2) is 12.5. The summed E-state index contributed by atoms with van der Waals surface area (Å²) in [5.41, 5.74) is 6.98. The normalized spacial score (nSPS) is 19.3. The highest BCUT2D eigenvalue weighted by atomic mass is 16.1. The Morgan fingerprint density at radius 3 is 1.46 bits per heavy atom. The number of carbonyl (C=O) groups is 2. The summed E-state index contributed by atoms with van der Waals surface area (Å²) >= 11 is 0. The first-order chi connectivity index (χ1) is 18.8. The summed E-state index contributed by atoms with van der Waals surface area (Å²) in [4.78, 5) is 25.9. The van der Waals surface area contributed by atoms with E-state index in [0.717, 1.165) is 43.5 Å². The van der Waals surface area contributed by atoms with Crippen molar-refractivity contribution in [2.75, 3.05) is 13.1 Å². The van der Waals surface area contributed by atoms with Crippen molar-refractivity contribution in [3.8, 4) is 11.1 Å². The third-order valence-corrected chi connectivity index (χ3v) is 9.70. The van der Waals surface area contributed by atoms with Crippen LogP contribution in [-0.4, -0.2) is 35.7 Å². The minimum atomic E-state index is 0.232. The van der Waals surface area contributed by atoms with Gasteiger partial charge in [-0.3, -0.25) is 9.59 Å². The van der Waals surface area contributed by atoms with Gasteiger partial charge in [-0.1, -0.05) is 62.8 Å². The molecule has 39 heavy (non-hydrogen) atoms. The average molecular weight is 529 g/mol. The number of rotatable bonds is 12. The molecule has 2 N–H and O–H groups in total. The van der Waals surface area contributed by atoms with Gasteiger partial charge < -0.3 is 10.6 Å². The van der Waals surface area contributed by atoms with E-state index in [4.69, 9.17) is 0 Å². The average Bonchev–Trinajstić information content (AvgIpc) is 3.31. The molecule has 3 aliphatic carbocycles. The van der Waals surface area contributed by atoms with Gasteiger partial charge in [-0.2, -0.15) is 0 Å². The highest BCUT2D eigenvalue weighted by Gasteiger charge is 2.27. The van der Waals surface area contributed by atoms with Gasteiger partial charge in [-0.25, -0.2) is 0 Å². The Morgan fingerprint density at radius 2 is 1.05 bits per heavy atom. The zero-order valence-electron chi connectivity index (χ0n) is 24.3. The van der Waals surface area contributed by atoms with Gasteiger partial charge in [0.25, 0.3) is 0 Å². The molecule has 5 rings (SSSR count). The fraction of sp³-hybridized carbons (Fsp3) is 0.600. The van der Waals surface area contributed by atoms with Crippen LogP contribution >= 0.6 is 0 Å². The summed E-state index contributed by atoms with van der Waals surface area (Å²) in [6, 6.07) is 12.4. The quantitative estimate of drug-likeness (QED) is 0.186. The van der Waals surface area contributed by atoms with Crippen molar-refractivity contribution < 1.29 is 9.59 Å². The van der Waals surface area contributed by atoms with Crippen molar-refractivity contribution in [1.29, 1.82) is 0 Å². The lowest BCUT2D eigenvalue weighted by Crippen LogP contribution is -2.44. The van der Waals surface area contributed by atoms with E-state index in [9.17, 15) is 9.59 Å². The van der Waals surface area contributed by atoms with Crippen LogP contribution in [0.4, 0.5) is 0 Å². The van der Waals surface area contributed by atoms with Crippen LogP contribution < -0.4 is 10.6 Å². The van der Waals surface area contributed by atoms with Gasteiger partial charge in [0.1, 0.15) is 0 Å².